The van der Waals surface area contributed by atoms with Crippen molar-refractivity contribution in [1.29, 1.82) is 0 Å². The van der Waals surface area contributed by atoms with Crippen LogP contribution in [0.2, 0.25) is 0 Å². The second-order valence-electron chi connectivity index (χ2n) is 6.65. The number of carbonyl (C=O) groups excluding carboxylic acids is 2. The van der Waals surface area contributed by atoms with E-state index in [1.807, 2.05) is 84.9 Å². The van der Waals surface area contributed by atoms with Crippen molar-refractivity contribution < 1.29 is 14.3 Å². The van der Waals surface area contributed by atoms with Crippen LogP contribution in [0.25, 0.3) is 0 Å². The molecule has 30 heavy (non-hydrogen) atoms. The average molecular weight is 421 g/mol. The molecule has 0 aliphatic rings. The van der Waals surface area contributed by atoms with Crippen LogP contribution in [-0.2, 0) is 16.1 Å². The molecule has 3 aromatic rings. The molecule has 3 aromatic carbocycles. The maximum Gasteiger partial charge on any atom is 0.243 e. The van der Waals surface area contributed by atoms with Crippen molar-refractivity contribution in [2.75, 3.05) is 5.75 Å². The summed E-state index contributed by atoms with van der Waals surface area (Å²) in [6.45, 7) is 1.84. The number of hydrogen-bond acceptors (Lipinski definition) is 4. The first-order valence-corrected chi connectivity index (χ1v) is 10.6. The van der Waals surface area contributed by atoms with E-state index in [2.05, 4.69) is 10.6 Å². The Labute approximate surface area is 180 Å². The van der Waals surface area contributed by atoms with E-state index < -0.39 is 6.04 Å². The molecule has 0 bridgehead atoms. The van der Waals surface area contributed by atoms with Gasteiger partial charge < -0.3 is 15.4 Å². The monoisotopic (exact) mass is 420 g/mol. The van der Waals surface area contributed by atoms with Gasteiger partial charge in [-0.1, -0.05) is 48.5 Å². The highest BCUT2D eigenvalue weighted by atomic mass is 32.2. The Balaban J connectivity index is 1.54. The first-order chi connectivity index (χ1) is 14.6. The van der Waals surface area contributed by atoms with Gasteiger partial charge in [0, 0.05) is 24.1 Å². The van der Waals surface area contributed by atoms with Crippen LogP contribution >= 0.6 is 11.8 Å². The molecular formula is C24H24N2O3S. The summed E-state index contributed by atoms with van der Waals surface area (Å²) < 4.78 is 5.79. The molecule has 0 heterocycles. The summed E-state index contributed by atoms with van der Waals surface area (Å²) in [5.41, 5.74) is 1.01. The fourth-order valence-electron chi connectivity index (χ4n) is 2.74. The number of hydrogen-bond donors (Lipinski definition) is 2. The highest BCUT2D eigenvalue weighted by Gasteiger charge is 2.19. The summed E-state index contributed by atoms with van der Waals surface area (Å²) in [5.74, 6) is 1.51. The van der Waals surface area contributed by atoms with E-state index in [-0.39, 0.29) is 11.8 Å². The fourth-order valence-corrected chi connectivity index (χ4v) is 3.67. The Hall–Kier alpha value is -3.25. The molecule has 0 aliphatic carbocycles. The molecule has 6 heteroatoms. The molecule has 154 valence electrons. The molecule has 0 radical (unpaired) electrons. The van der Waals surface area contributed by atoms with Gasteiger partial charge in [-0.05, 0) is 42.0 Å². The van der Waals surface area contributed by atoms with Crippen molar-refractivity contribution in [2.24, 2.45) is 0 Å². The lowest BCUT2D eigenvalue weighted by atomic mass is 10.2. The highest BCUT2D eigenvalue weighted by molar-refractivity contribution is 7.99. The van der Waals surface area contributed by atoms with Crippen molar-refractivity contribution in [3.63, 3.8) is 0 Å². The van der Waals surface area contributed by atoms with Crippen LogP contribution in [0.5, 0.6) is 11.5 Å². The van der Waals surface area contributed by atoms with E-state index in [9.17, 15) is 9.59 Å². The molecule has 5 nitrogen and oxygen atoms in total. The van der Waals surface area contributed by atoms with Crippen LogP contribution in [0.1, 0.15) is 12.5 Å². The molecule has 0 spiro atoms. The second kappa shape index (κ2) is 11.1. The number of benzene rings is 3. The Morgan fingerprint density at radius 1 is 0.867 bits per heavy atom. The fraction of sp³-hybridized carbons (Fsp3) is 0.167. The third-order valence-corrected chi connectivity index (χ3v) is 5.33. The minimum absolute atomic E-state index is 0.203. The number of carbonyl (C=O) groups is 2. The molecular weight excluding hydrogens is 396 g/mol. The summed E-state index contributed by atoms with van der Waals surface area (Å²) in [6.07, 6.45) is 0. The summed E-state index contributed by atoms with van der Waals surface area (Å²) in [7, 11) is 0. The molecule has 0 fully saturated rings. The van der Waals surface area contributed by atoms with Gasteiger partial charge in [-0.3, -0.25) is 9.59 Å². The molecule has 0 aliphatic heterocycles. The lowest BCUT2D eigenvalue weighted by Crippen LogP contribution is -2.47. The Morgan fingerprint density at radius 2 is 1.47 bits per heavy atom. The second-order valence-corrected chi connectivity index (χ2v) is 7.75. The van der Waals surface area contributed by atoms with Crippen LogP contribution in [0, 0.1) is 0 Å². The smallest absolute Gasteiger partial charge is 0.243 e. The number of nitrogens with one attached hydrogen (secondary N) is 2. The summed E-state index contributed by atoms with van der Waals surface area (Å²) in [6, 6.07) is 26.3. The van der Waals surface area contributed by atoms with E-state index in [4.69, 9.17) is 4.74 Å². The zero-order valence-corrected chi connectivity index (χ0v) is 17.5. The number of rotatable bonds is 9. The van der Waals surface area contributed by atoms with Crippen molar-refractivity contribution in [2.45, 2.75) is 24.4 Å². The van der Waals surface area contributed by atoms with Crippen LogP contribution in [-0.4, -0.2) is 23.6 Å². The molecule has 1 atom stereocenters. The first kappa shape index (κ1) is 21.5. The number of ether oxygens (including phenoxy) is 1. The quantitative estimate of drug-likeness (QED) is 0.504. The van der Waals surface area contributed by atoms with Gasteiger partial charge >= 0.3 is 0 Å². The lowest BCUT2D eigenvalue weighted by molar-refractivity contribution is -0.127. The maximum absolute atomic E-state index is 12.6. The minimum Gasteiger partial charge on any atom is -0.457 e. The summed E-state index contributed by atoms with van der Waals surface area (Å²) in [5, 5.41) is 5.62. The van der Waals surface area contributed by atoms with E-state index in [0.717, 1.165) is 22.0 Å². The van der Waals surface area contributed by atoms with E-state index in [1.165, 1.54) is 18.7 Å². The zero-order valence-electron chi connectivity index (χ0n) is 16.7. The van der Waals surface area contributed by atoms with Crippen molar-refractivity contribution >= 4 is 23.6 Å². The Kier molecular flexibility index (Phi) is 7.92. The van der Waals surface area contributed by atoms with Crippen LogP contribution < -0.4 is 15.4 Å². The normalized spacial score (nSPS) is 11.4. The molecule has 1 unspecified atom stereocenters. The van der Waals surface area contributed by atoms with Gasteiger partial charge in [-0.25, -0.2) is 0 Å². The van der Waals surface area contributed by atoms with Crippen molar-refractivity contribution in [1.82, 2.24) is 10.6 Å². The summed E-state index contributed by atoms with van der Waals surface area (Å²) >= 11 is 1.50. The van der Waals surface area contributed by atoms with Gasteiger partial charge in [0.25, 0.3) is 0 Å². The van der Waals surface area contributed by atoms with Gasteiger partial charge in [-0.2, -0.15) is 0 Å². The molecule has 0 saturated carbocycles. The van der Waals surface area contributed by atoms with Crippen LogP contribution in [0.3, 0.4) is 0 Å². The van der Waals surface area contributed by atoms with Gasteiger partial charge in [0.1, 0.15) is 17.5 Å². The van der Waals surface area contributed by atoms with E-state index in [1.54, 1.807) is 0 Å². The third kappa shape index (κ3) is 6.97. The topological polar surface area (TPSA) is 67.4 Å². The molecule has 2 amide bonds. The third-order valence-electron chi connectivity index (χ3n) is 4.22. The zero-order chi connectivity index (χ0) is 21.2. The Bertz CT molecular complexity index is 947. The van der Waals surface area contributed by atoms with Crippen molar-refractivity contribution in [3.05, 3.63) is 90.5 Å². The van der Waals surface area contributed by atoms with Gasteiger partial charge in [0.05, 0.1) is 0 Å². The molecule has 2 N–H and O–H groups in total. The molecule has 3 rings (SSSR count). The highest BCUT2D eigenvalue weighted by Crippen LogP contribution is 2.25. The number of thioether (sulfide) groups is 1. The van der Waals surface area contributed by atoms with Crippen molar-refractivity contribution in [3.8, 4) is 11.5 Å². The largest absolute Gasteiger partial charge is 0.457 e. The predicted octanol–water partition coefficient (Wildman–Crippen LogP) is 4.39. The average Bonchev–Trinajstić information content (AvgIpc) is 2.77. The van der Waals surface area contributed by atoms with E-state index in [0.29, 0.717) is 12.3 Å². The standard InChI is InChI=1S/C24H24N2O3S/c1-18(27)26-23(24(28)25-16-19-8-4-2-5-9-19)17-30-22-14-12-21(13-15-22)29-20-10-6-3-7-11-20/h2-15,23H,16-17H2,1H3,(H,25,28)(H,26,27). The van der Waals surface area contributed by atoms with Crippen LogP contribution in [0.4, 0.5) is 0 Å². The maximum atomic E-state index is 12.6. The van der Waals surface area contributed by atoms with Gasteiger partial charge in [0.2, 0.25) is 11.8 Å². The SMILES string of the molecule is CC(=O)NC(CSc1ccc(Oc2ccccc2)cc1)C(=O)NCc1ccccc1. The minimum atomic E-state index is -0.614. The van der Waals surface area contributed by atoms with E-state index >= 15 is 0 Å². The number of amides is 2. The first-order valence-electron chi connectivity index (χ1n) is 9.64. The predicted molar refractivity (Wildman–Crippen MR) is 120 cm³/mol. The molecule has 0 saturated heterocycles. The number of para-hydroxylation sites is 1. The van der Waals surface area contributed by atoms with Gasteiger partial charge in [0.15, 0.2) is 0 Å². The van der Waals surface area contributed by atoms with Crippen LogP contribution in [0.15, 0.2) is 89.8 Å². The Morgan fingerprint density at radius 3 is 2.10 bits per heavy atom. The van der Waals surface area contributed by atoms with Gasteiger partial charge in [-0.15, -0.1) is 11.8 Å². The lowest BCUT2D eigenvalue weighted by Gasteiger charge is -2.17. The summed E-state index contributed by atoms with van der Waals surface area (Å²) in [4.78, 5) is 25.1. The molecule has 0 aromatic heterocycles.